The molecule has 1 aromatic heterocycles. The first kappa shape index (κ1) is 10.5. The average molecular weight is 238 g/mol. The van der Waals surface area contributed by atoms with E-state index in [2.05, 4.69) is 9.97 Å². The van der Waals surface area contributed by atoms with Gasteiger partial charge in [0.15, 0.2) is 0 Å². The van der Waals surface area contributed by atoms with Gasteiger partial charge in [-0.1, -0.05) is 18.2 Å². The maximum Gasteiger partial charge on any atom is 0.322 e. The highest BCUT2D eigenvalue weighted by Crippen LogP contribution is 2.21. The van der Waals surface area contributed by atoms with Gasteiger partial charge in [0.25, 0.3) is 0 Å². The van der Waals surface area contributed by atoms with Crippen molar-refractivity contribution in [2.24, 2.45) is 0 Å². The van der Waals surface area contributed by atoms with Crippen LogP contribution in [0, 0.1) is 0 Å². The molecule has 0 aliphatic rings. The molecule has 88 valence electrons. The minimum absolute atomic E-state index is 0.196. The third kappa shape index (κ3) is 2.08. The predicted molar refractivity (Wildman–Crippen MR) is 67.7 cm³/mol. The summed E-state index contributed by atoms with van der Waals surface area (Å²) in [6.45, 7) is 0. The van der Waals surface area contributed by atoms with Crippen LogP contribution in [-0.4, -0.2) is 15.1 Å². The van der Waals surface area contributed by atoms with Crippen LogP contribution in [0.25, 0.3) is 10.9 Å². The minimum Gasteiger partial charge on any atom is -0.508 e. The smallest absolute Gasteiger partial charge is 0.322 e. The molecule has 0 atom stereocenters. The van der Waals surface area contributed by atoms with E-state index < -0.39 is 0 Å². The van der Waals surface area contributed by atoms with Crippen LogP contribution in [-0.2, 0) is 0 Å². The number of phenolic OH excluding ortho intramolecular Hbond substituents is 1. The van der Waals surface area contributed by atoms with Crippen molar-refractivity contribution in [2.75, 3.05) is 0 Å². The molecule has 0 spiro atoms. The van der Waals surface area contributed by atoms with Crippen molar-refractivity contribution in [2.45, 2.75) is 0 Å². The molecule has 0 bridgehead atoms. The third-order valence-corrected chi connectivity index (χ3v) is 2.51. The second kappa shape index (κ2) is 4.33. The molecule has 0 saturated heterocycles. The second-order valence-corrected chi connectivity index (χ2v) is 3.81. The number of nitrogens with zero attached hydrogens (tertiary/aromatic N) is 2. The predicted octanol–water partition coefficient (Wildman–Crippen LogP) is 3.13. The Balaban J connectivity index is 1.92. The van der Waals surface area contributed by atoms with E-state index in [4.69, 9.17) is 4.74 Å². The Labute approximate surface area is 104 Å². The number of benzene rings is 2. The van der Waals surface area contributed by atoms with E-state index in [0.29, 0.717) is 11.8 Å². The molecular formula is C14H10N2O2. The summed E-state index contributed by atoms with van der Waals surface area (Å²) in [6.07, 6.45) is 1.72. The van der Waals surface area contributed by atoms with Crippen LogP contribution in [0.5, 0.6) is 17.5 Å². The SMILES string of the molecule is Oc1ccc(Oc2ncc3ccccc3n2)cc1. The van der Waals surface area contributed by atoms with Gasteiger partial charge in [-0.3, -0.25) is 0 Å². The van der Waals surface area contributed by atoms with E-state index in [-0.39, 0.29) is 5.75 Å². The van der Waals surface area contributed by atoms with Gasteiger partial charge >= 0.3 is 6.01 Å². The molecule has 1 N–H and O–H groups in total. The van der Waals surface area contributed by atoms with Crippen molar-refractivity contribution < 1.29 is 9.84 Å². The lowest BCUT2D eigenvalue weighted by atomic mass is 10.2. The third-order valence-electron chi connectivity index (χ3n) is 2.51. The number of hydrogen-bond donors (Lipinski definition) is 1. The Morgan fingerprint density at radius 3 is 2.56 bits per heavy atom. The fourth-order valence-electron chi connectivity index (χ4n) is 1.62. The maximum absolute atomic E-state index is 9.18. The monoisotopic (exact) mass is 238 g/mol. The van der Waals surface area contributed by atoms with Crippen molar-refractivity contribution in [1.29, 1.82) is 0 Å². The van der Waals surface area contributed by atoms with Crippen molar-refractivity contribution >= 4 is 10.9 Å². The largest absolute Gasteiger partial charge is 0.508 e. The standard InChI is InChI=1S/C14H10N2O2/c17-11-5-7-12(8-6-11)18-14-15-9-10-3-1-2-4-13(10)16-14/h1-9,17H. The molecule has 0 fully saturated rings. The molecule has 0 unspecified atom stereocenters. The zero-order chi connectivity index (χ0) is 12.4. The van der Waals surface area contributed by atoms with E-state index in [9.17, 15) is 5.11 Å². The highest BCUT2D eigenvalue weighted by Gasteiger charge is 2.02. The number of ether oxygens (including phenoxy) is 1. The van der Waals surface area contributed by atoms with Crippen molar-refractivity contribution in [3.8, 4) is 17.5 Å². The molecule has 18 heavy (non-hydrogen) atoms. The minimum atomic E-state index is 0.196. The molecule has 0 aliphatic carbocycles. The van der Waals surface area contributed by atoms with Gasteiger partial charge in [-0.25, -0.2) is 4.98 Å². The van der Waals surface area contributed by atoms with Crippen LogP contribution in [0.1, 0.15) is 0 Å². The summed E-state index contributed by atoms with van der Waals surface area (Å²) in [4.78, 5) is 8.43. The van der Waals surface area contributed by atoms with E-state index in [1.165, 1.54) is 0 Å². The van der Waals surface area contributed by atoms with Gasteiger partial charge in [0, 0.05) is 11.6 Å². The molecule has 0 radical (unpaired) electrons. The Morgan fingerprint density at radius 2 is 1.72 bits per heavy atom. The first-order valence-electron chi connectivity index (χ1n) is 5.50. The molecule has 4 heteroatoms. The molecule has 0 saturated carbocycles. The van der Waals surface area contributed by atoms with Gasteiger partial charge in [-0.15, -0.1) is 0 Å². The molecule has 4 nitrogen and oxygen atoms in total. The van der Waals surface area contributed by atoms with Crippen molar-refractivity contribution in [3.05, 3.63) is 54.7 Å². The van der Waals surface area contributed by atoms with Crippen LogP contribution in [0.15, 0.2) is 54.7 Å². The molecule has 0 amide bonds. The van der Waals surface area contributed by atoms with Crippen LogP contribution in [0.2, 0.25) is 0 Å². The number of aromatic nitrogens is 2. The summed E-state index contributed by atoms with van der Waals surface area (Å²) >= 11 is 0. The Hall–Kier alpha value is -2.62. The number of hydrogen-bond acceptors (Lipinski definition) is 4. The summed E-state index contributed by atoms with van der Waals surface area (Å²) < 4.78 is 5.51. The summed E-state index contributed by atoms with van der Waals surface area (Å²) in [5, 5.41) is 10.1. The topological polar surface area (TPSA) is 55.2 Å². The van der Waals surface area contributed by atoms with Gasteiger partial charge in [0.1, 0.15) is 11.5 Å². The lowest BCUT2D eigenvalue weighted by Gasteiger charge is -2.04. The highest BCUT2D eigenvalue weighted by molar-refractivity contribution is 5.77. The van der Waals surface area contributed by atoms with Crippen LogP contribution in [0.4, 0.5) is 0 Å². The van der Waals surface area contributed by atoms with Gasteiger partial charge in [-0.2, -0.15) is 4.98 Å². The lowest BCUT2D eigenvalue weighted by Crippen LogP contribution is -1.91. The zero-order valence-corrected chi connectivity index (χ0v) is 9.45. The zero-order valence-electron chi connectivity index (χ0n) is 9.45. The maximum atomic E-state index is 9.18. The molecule has 3 aromatic rings. The first-order valence-corrected chi connectivity index (χ1v) is 5.50. The highest BCUT2D eigenvalue weighted by atomic mass is 16.5. The summed E-state index contributed by atoms with van der Waals surface area (Å²) in [5.74, 6) is 0.782. The van der Waals surface area contributed by atoms with Gasteiger partial charge < -0.3 is 9.84 Å². The normalized spacial score (nSPS) is 10.4. The average Bonchev–Trinajstić information content (AvgIpc) is 2.41. The number of aromatic hydroxyl groups is 1. The van der Waals surface area contributed by atoms with Crippen LogP contribution in [0.3, 0.4) is 0 Å². The number of phenols is 1. The first-order chi connectivity index (χ1) is 8.81. The van der Waals surface area contributed by atoms with Crippen molar-refractivity contribution in [3.63, 3.8) is 0 Å². The van der Waals surface area contributed by atoms with Crippen LogP contribution < -0.4 is 4.74 Å². The van der Waals surface area contributed by atoms with Gasteiger partial charge in [0.2, 0.25) is 0 Å². The number of para-hydroxylation sites is 1. The quantitative estimate of drug-likeness (QED) is 0.745. The molecule has 0 aliphatic heterocycles. The molecule has 1 heterocycles. The van der Waals surface area contributed by atoms with Gasteiger partial charge in [-0.05, 0) is 30.3 Å². The number of fused-ring (bicyclic) bond motifs is 1. The summed E-state index contributed by atoms with van der Waals surface area (Å²) in [6, 6.07) is 14.4. The van der Waals surface area contributed by atoms with E-state index in [1.807, 2.05) is 24.3 Å². The van der Waals surface area contributed by atoms with E-state index >= 15 is 0 Å². The summed E-state index contributed by atoms with van der Waals surface area (Å²) in [7, 11) is 0. The van der Waals surface area contributed by atoms with Crippen LogP contribution >= 0.6 is 0 Å². The molecule has 2 aromatic carbocycles. The fraction of sp³-hybridized carbons (Fsp3) is 0. The van der Waals surface area contributed by atoms with E-state index in [1.54, 1.807) is 30.5 Å². The number of rotatable bonds is 2. The van der Waals surface area contributed by atoms with Gasteiger partial charge in [0.05, 0.1) is 5.52 Å². The lowest BCUT2D eigenvalue weighted by molar-refractivity contribution is 0.439. The second-order valence-electron chi connectivity index (χ2n) is 3.81. The molecular weight excluding hydrogens is 228 g/mol. The molecule has 3 rings (SSSR count). The van der Waals surface area contributed by atoms with E-state index in [0.717, 1.165) is 10.9 Å². The Morgan fingerprint density at radius 1 is 0.944 bits per heavy atom. The summed E-state index contributed by atoms with van der Waals surface area (Å²) in [5.41, 5.74) is 0.835. The Bertz CT molecular complexity index is 681. The van der Waals surface area contributed by atoms with Crippen molar-refractivity contribution in [1.82, 2.24) is 9.97 Å². The Kier molecular flexibility index (Phi) is 2.53. The fourth-order valence-corrected chi connectivity index (χ4v) is 1.62.